The molecule has 3 aliphatic rings. The third kappa shape index (κ3) is 2.99. The Kier molecular flexibility index (Phi) is 5.49. The van der Waals surface area contributed by atoms with Crippen LogP contribution >= 0.6 is 22.6 Å². The number of phenolic OH excluding ortho intramolecular Hbond substituents is 1. The van der Waals surface area contributed by atoms with Crippen molar-refractivity contribution in [3.63, 3.8) is 0 Å². The number of hydrogen-bond donors (Lipinski definition) is 5. The quantitative estimate of drug-likeness (QED) is 0.145. The molecule has 1 aromatic rings. The van der Waals surface area contributed by atoms with Gasteiger partial charge in [-0.1, -0.05) is 0 Å². The van der Waals surface area contributed by atoms with E-state index in [0.29, 0.717) is 9.13 Å². The second kappa shape index (κ2) is 7.74. The van der Waals surface area contributed by atoms with Crippen LogP contribution in [0, 0.1) is 25.5 Å². The number of aliphatic hydroxyl groups excluding tert-OH is 2. The lowest BCUT2D eigenvalue weighted by Gasteiger charge is -2.50. The molecule has 13 heteroatoms. The SMILES string of the molecule is CN(C)C1C(O)=C(C(N)=O)C(=O)[C@@]2(O)C(O)=C3C(=O)c4c(O)c([N+](=O)[O-])cc(I)c4C[C@H]3C[C@@H]12. The van der Waals surface area contributed by atoms with Crippen LogP contribution in [0.15, 0.2) is 28.7 Å². The second-order valence-corrected chi connectivity index (χ2v) is 9.96. The Hall–Kier alpha value is -3.04. The number of halogens is 1. The highest BCUT2D eigenvalue weighted by Gasteiger charge is 2.63. The average molecular weight is 585 g/mol. The number of Topliss-reactive ketones (excluding diaryl/α,β-unsaturated/α-hetero) is 2. The number of nitro benzene ring substituents is 1. The number of aliphatic hydroxyl groups is 3. The molecule has 0 aliphatic heterocycles. The normalized spacial score (nSPS) is 28.6. The maximum absolute atomic E-state index is 13.4. The van der Waals surface area contributed by atoms with Crippen molar-refractivity contribution in [1.29, 1.82) is 0 Å². The molecule has 6 N–H and O–H groups in total. The number of nitrogens with two attached hydrogens (primary N) is 1. The largest absolute Gasteiger partial charge is 0.510 e. The van der Waals surface area contributed by atoms with E-state index in [-0.39, 0.29) is 24.0 Å². The van der Waals surface area contributed by atoms with Crippen LogP contribution in [0.4, 0.5) is 5.69 Å². The number of carbonyl (C=O) groups is 3. The molecule has 0 heterocycles. The summed E-state index contributed by atoms with van der Waals surface area (Å²) in [6.45, 7) is 0. The Morgan fingerprint density at radius 1 is 1.29 bits per heavy atom. The zero-order chi connectivity index (χ0) is 25.4. The van der Waals surface area contributed by atoms with E-state index in [2.05, 4.69) is 0 Å². The van der Waals surface area contributed by atoms with Gasteiger partial charge in [-0.3, -0.25) is 29.4 Å². The number of primary amides is 1. The van der Waals surface area contributed by atoms with Crippen LogP contribution in [0.1, 0.15) is 22.3 Å². The zero-order valence-corrected chi connectivity index (χ0v) is 20.1. The standard InChI is InChI=1S/C21H20IN3O9/c1-24(2)14-8-4-6-3-7-9(22)5-10(25(33)34)15(26)12(7)16(27)11(6)18(29)21(8,32)19(30)13(17(14)28)20(23)31/h5-6,8,14,26,28-29,32H,3-4H2,1-2H3,(H2,23,31)/t6-,8-,14?,21-/m0/s1. The van der Waals surface area contributed by atoms with Gasteiger partial charge in [-0.05, 0) is 61.0 Å². The number of nitro groups is 1. The fourth-order valence-electron chi connectivity index (χ4n) is 5.40. The molecule has 0 saturated carbocycles. The predicted octanol–water partition coefficient (Wildman–Crippen LogP) is 0.633. The number of carbonyl (C=O) groups excluding carboxylic acids is 3. The molecule has 0 fully saturated rings. The maximum atomic E-state index is 13.4. The molecule has 0 spiro atoms. The van der Waals surface area contributed by atoms with Crippen molar-refractivity contribution in [1.82, 2.24) is 4.90 Å². The summed E-state index contributed by atoms with van der Waals surface area (Å²) in [5.74, 6) is -8.06. The Bertz CT molecular complexity index is 1270. The Morgan fingerprint density at radius 3 is 2.44 bits per heavy atom. The number of benzene rings is 1. The summed E-state index contributed by atoms with van der Waals surface area (Å²) < 4.78 is 0.354. The molecule has 0 bridgehead atoms. The minimum absolute atomic E-state index is 0.0560. The van der Waals surface area contributed by atoms with Crippen molar-refractivity contribution in [3.05, 3.63) is 53.5 Å². The molecule has 34 heavy (non-hydrogen) atoms. The Balaban J connectivity index is 1.99. The smallest absolute Gasteiger partial charge is 0.312 e. The third-order valence-electron chi connectivity index (χ3n) is 6.84. The first-order chi connectivity index (χ1) is 15.7. The minimum atomic E-state index is -2.76. The molecule has 3 aliphatic carbocycles. The number of aromatic hydroxyl groups is 1. The van der Waals surface area contributed by atoms with E-state index >= 15 is 0 Å². The van der Waals surface area contributed by atoms with Gasteiger partial charge in [0.05, 0.1) is 16.5 Å². The van der Waals surface area contributed by atoms with Crippen LogP contribution in [0.5, 0.6) is 5.75 Å². The Morgan fingerprint density at radius 2 is 1.91 bits per heavy atom. The summed E-state index contributed by atoms with van der Waals surface area (Å²) in [6, 6.07) is 0.0469. The van der Waals surface area contributed by atoms with E-state index in [1.54, 1.807) is 0 Å². The van der Waals surface area contributed by atoms with Crippen LogP contribution in [-0.2, 0) is 16.0 Å². The molecule has 12 nitrogen and oxygen atoms in total. The molecule has 4 atom stereocenters. The first-order valence-electron chi connectivity index (χ1n) is 10.1. The highest BCUT2D eigenvalue weighted by molar-refractivity contribution is 14.1. The molecular weight excluding hydrogens is 565 g/mol. The molecule has 1 amide bonds. The monoisotopic (exact) mass is 585 g/mol. The molecule has 4 rings (SSSR count). The van der Waals surface area contributed by atoms with Crippen LogP contribution in [0.2, 0.25) is 0 Å². The molecule has 0 saturated heterocycles. The van der Waals surface area contributed by atoms with Crippen LogP contribution < -0.4 is 5.73 Å². The lowest BCUT2D eigenvalue weighted by atomic mass is 9.58. The number of allylic oxidation sites excluding steroid dienone is 1. The first kappa shape index (κ1) is 24.1. The third-order valence-corrected chi connectivity index (χ3v) is 7.81. The summed E-state index contributed by atoms with van der Waals surface area (Å²) in [4.78, 5) is 50.5. The lowest BCUT2D eigenvalue weighted by molar-refractivity contribution is -0.386. The van der Waals surface area contributed by atoms with E-state index in [1.807, 2.05) is 22.6 Å². The van der Waals surface area contributed by atoms with E-state index in [4.69, 9.17) is 5.73 Å². The number of fused-ring (bicyclic) bond motifs is 3. The van der Waals surface area contributed by atoms with Gasteiger partial charge >= 0.3 is 5.69 Å². The van der Waals surface area contributed by atoms with Gasteiger partial charge in [0.15, 0.2) is 11.4 Å². The molecular formula is C21H20IN3O9. The maximum Gasteiger partial charge on any atom is 0.312 e. The van der Waals surface area contributed by atoms with Gasteiger partial charge in [0.1, 0.15) is 17.1 Å². The van der Waals surface area contributed by atoms with Crippen LogP contribution in [0.25, 0.3) is 0 Å². The zero-order valence-electron chi connectivity index (χ0n) is 17.9. The molecule has 1 aromatic carbocycles. The average Bonchev–Trinajstić information content (AvgIpc) is 2.72. The topological polar surface area (TPSA) is 205 Å². The van der Waals surface area contributed by atoms with Gasteiger partial charge in [-0.25, -0.2) is 0 Å². The fraction of sp³-hybridized carbons (Fsp3) is 0.381. The lowest BCUT2D eigenvalue weighted by Crippen LogP contribution is -2.63. The van der Waals surface area contributed by atoms with Gasteiger partial charge in [-0.2, -0.15) is 0 Å². The number of phenols is 1. The number of likely N-dealkylation sites (N-methyl/N-ethyl adjacent to an activating group) is 1. The molecule has 180 valence electrons. The highest BCUT2D eigenvalue weighted by Crippen LogP contribution is 2.53. The van der Waals surface area contributed by atoms with E-state index in [1.165, 1.54) is 19.0 Å². The van der Waals surface area contributed by atoms with E-state index in [0.717, 1.165) is 6.07 Å². The number of nitrogens with zero attached hydrogens (tertiary/aromatic N) is 2. The molecule has 1 unspecified atom stereocenters. The molecule has 0 aromatic heterocycles. The minimum Gasteiger partial charge on any atom is -0.510 e. The van der Waals surface area contributed by atoms with Gasteiger partial charge < -0.3 is 26.2 Å². The summed E-state index contributed by atoms with van der Waals surface area (Å²) in [5.41, 5.74) is 0.489. The summed E-state index contributed by atoms with van der Waals surface area (Å²) in [6.07, 6.45) is 0.0119. The van der Waals surface area contributed by atoms with Gasteiger partial charge in [0.2, 0.25) is 11.5 Å². The summed E-state index contributed by atoms with van der Waals surface area (Å²) in [5, 5.41) is 55.1. The number of ketones is 2. The Labute approximate surface area is 205 Å². The van der Waals surface area contributed by atoms with Crippen molar-refractivity contribution in [2.45, 2.75) is 24.5 Å². The number of amides is 1. The number of rotatable bonds is 3. The van der Waals surface area contributed by atoms with Crippen LogP contribution in [0.3, 0.4) is 0 Å². The first-order valence-corrected chi connectivity index (χ1v) is 11.2. The second-order valence-electron chi connectivity index (χ2n) is 8.80. The highest BCUT2D eigenvalue weighted by atomic mass is 127. The van der Waals surface area contributed by atoms with Crippen molar-refractivity contribution >= 4 is 45.8 Å². The van der Waals surface area contributed by atoms with Crippen molar-refractivity contribution in [2.75, 3.05) is 14.1 Å². The fourth-order valence-corrected chi connectivity index (χ4v) is 6.18. The molecule has 0 radical (unpaired) electrons. The van der Waals surface area contributed by atoms with Crippen molar-refractivity contribution < 1.29 is 39.7 Å². The summed E-state index contributed by atoms with van der Waals surface area (Å²) in [7, 11) is 3.07. The predicted molar refractivity (Wildman–Crippen MR) is 123 cm³/mol. The van der Waals surface area contributed by atoms with E-state index in [9.17, 15) is 44.9 Å². The van der Waals surface area contributed by atoms with Crippen molar-refractivity contribution in [2.24, 2.45) is 17.6 Å². The van der Waals surface area contributed by atoms with Gasteiger partial charge in [-0.15, -0.1) is 0 Å². The van der Waals surface area contributed by atoms with Crippen molar-refractivity contribution in [3.8, 4) is 5.75 Å². The number of hydrogen-bond acceptors (Lipinski definition) is 10. The van der Waals surface area contributed by atoms with Crippen LogP contribution in [-0.4, -0.2) is 73.5 Å². The van der Waals surface area contributed by atoms with Gasteiger partial charge in [0.25, 0.3) is 5.91 Å². The van der Waals surface area contributed by atoms with E-state index < -0.39 is 74.4 Å². The van der Waals surface area contributed by atoms with Gasteiger partial charge in [0, 0.05) is 21.1 Å². The summed E-state index contributed by atoms with van der Waals surface area (Å²) >= 11 is 1.81.